The zero-order valence-electron chi connectivity index (χ0n) is 17.1. The predicted molar refractivity (Wildman–Crippen MR) is 115 cm³/mol. The number of hydrogen-bond acceptors (Lipinski definition) is 4. The Balaban J connectivity index is 1.81. The summed E-state index contributed by atoms with van der Waals surface area (Å²) in [5.41, 5.74) is 1.76. The van der Waals surface area contributed by atoms with Gasteiger partial charge in [0.05, 0.1) is 12.4 Å². The monoisotopic (exact) mass is 451 g/mol. The predicted octanol–water partition coefficient (Wildman–Crippen LogP) is 3.86. The maximum Gasteiger partial charge on any atom is 0.274 e. The molecule has 3 aromatic rings. The van der Waals surface area contributed by atoms with Crippen LogP contribution < -0.4 is 15.0 Å². The fraction of sp³-hybridized carbons (Fsp3) is 0.381. The van der Waals surface area contributed by atoms with Gasteiger partial charge in [0.25, 0.3) is 5.56 Å². The number of benzene rings is 1. The number of aromatic amines is 1. The highest BCUT2D eigenvalue weighted by molar-refractivity contribution is 7.92. The van der Waals surface area contributed by atoms with Crippen LogP contribution in [0, 0.1) is 0 Å². The first kappa shape index (κ1) is 21.4. The molecule has 166 valence electrons. The Labute approximate surface area is 178 Å². The normalized spacial score (nSPS) is 17.0. The van der Waals surface area contributed by atoms with Crippen LogP contribution in [0.3, 0.4) is 0 Å². The number of ether oxygens (including phenoxy) is 1. The summed E-state index contributed by atoms with van der Waals surface area (Å²) >= 11 is 0. The Bertz CT molecular complexity index is 1290. The van der Waals surface area contributed by atoms with E-state index in [0.717, 1.165) is 6.26 Å². The van der Waals surface area contributed by atoms with Crippen LogP contribution in [0.15, 0.2) is 41.5 Å². The first-order valence-corrected chi connectivity index (χ1v) is 11.7. The first-order valence-electron chi connectivity index (χ1n) is 9.86. The lowest BCUT2D eigenvalue weighted by Gasteiger charge is -2.29. The van der Waals surface area contributed by atoms with E-state index in [1.165, 1.54) is 4.57 Å². The second-order valence-electron chi connectivity index (χ2n) is 7.98. The van der Waals surface area contributed by atoms with E-state index >= 15 is 0 Å². The van der Waals surface area contributed by atoms with Crippen LogP contribution >= 0.6 is 0 Å². The quantitative estimate of drug-likeness (QED) is 0.616. The lowest BCUT2D eigenvalue weighted by atomic mass is 9.94. The molecule has 1 saturated carbocycles. The number of hydrogen-bond donors (Lipinski definition) is 2. The molecule has 0 saturated heterocycles. The molecule has 7 nitrogen and oxygen atoms in total. The van der Waals surface area contributed by atoms with Gasteiger partial charge in [0, 0.05) is 54.5 Å². The molecule has 1 aliphatic rings. The fourth-order valence-corrected chi connectivity index (χ4v) is 4.47. The Morgan fingerprint density at radius 1 is 1.19 bits per heavy atom. The summed E-state index contributed by atoms with van der Waals surface area (Å²) < 4.78 is 60.5. The van der Waals surface area contributed by atoms with Crippen molar-refractivity contribution in [2.45, 2.75) is 37.7 Å². The van der Waals surface area contributed by atoms with Crippen LogP contribution in [0.1, 0.15) is 25.7 Å². The van der Waals surface area contributed by atoms with Gasteiger partial charge >= 0.3 is 0 Å². The topological polar surface area (TPSA) is 93.2 Å². The number of alkyl halides is 2. The molecule has 2 heterocycles. The minimum absolute atomic E-state index is 0.203. The molecule has 1 aromatic carbocycles. The van der Waals surface area contributed by atoms with Crippen LogP contribution in [-0.4, -0.2) is 36.3 Å². The van der Waals surface area contributed by atoms with Gasteiger partial charge < -0.3 is 14.3 Å². The lowest BCUT2D eigenvalue weighted by Crippen LogP contribution is -2.30. The minimum atomic E-state index is -3.51. The average Bonchev–Trinajstić information content (AvgIpc) is 3.16. The Kier molecular flexibility index (Phi) is 5.28. The second kappa shape index (κ2) is 7.67. The molecule has 31 heavy (non-hydrogen) atoms. The van der Waals surface area contributed by atoms with E-state index in [-0.39, 0.29) is 37.3 Å². The van der Waals surface area contributed by atoms with Gasteiger partial charge in [-0.05, 0) is 37.1 Å². The second-order valence-corrected chi connectivity index (χ2v) is 9.73. The van der Waals surface area contributed by atoms with Crippen LogP contribution in [-0.2, 0) is 17.1 Å². The number of halogens is 2. The Hall–Kier alpha value is -2.88. The summed E-state index contributed by atoms with van der Waals surface area (Å²) in [7, 11) is -1.89. The number of anilines is 1. The molecular formula is C21H23F2N3O4S. The van der Waals surface area contributed by atoms with E-state index in [1.807, 2.05) is 0 Å². The van der Waals surface area contributed by atoms with Gasteiger partial charge in [-0.15, -0.1) is 0 Å². The molecule has 0 bridgehead atoms. The molecule has 0 aliphatic heterocycles. The van der Waals surface area contributed by atoms with E-state index in [0.29, 0.717) is 33.5 Å². The van der Waals surface area contributed by atoms with Gasteiger partial charge in [-0.3, -0.25) is 9.52 Å². The molecule has 0 atom stereocenters. The smallest absolute Gasteiger partial charge is 0.274 e. The highest BCUT2D eigenvalue weighted by Gasteiger charge is 2.36. The van der Waals surface area contributed by atoms with E-state index < -0.39 is 15.9 Å². The number of H-pyrrole nitrogens is 1. The van der Waals surface area contributed by atoms with Crippen LogP contribution in [0.25, 0.3) is 22.0 Å². The third-order valence-electron chi connectivity index (χ3n) is 5.42. The van der Waals surface area contributed by atoms with Gasteiger partial charge in [-0.1, -0.05) is 0 Å². The number of rotatable bonds is 5. The van der Waals surface area contributed by atoms with Crippen molar-refractivity contribution in [3.8, 4) is 16.9 Å². The molecular weight excluding hydrogens is 428 g/mol. The van der Waals surface area contributed by atoms with Crippen LogP contribution in [0.2, 0.25) is 0 Å². The van der Waals surface area contributed by atoms with E-state index in [9.17, 15) is 22.0 Å². The van der Waals surface area contributed by atoms with E-state index in [1.54, 1.807) is 43.7 Å². The van der Waals surface area contributed by atoms with Crippen molar-refractivity contribution in [3.05, 3.63) is 47.0 Å². The summed E-state index contributed by atoms with van der Waals surface area (Å²) in [5.74, 6) is -2.23. The lowest BCUT2D eigenvalue weighted by molar-refractivity contribution is -0.0581. The maximum absolute atomic E-state index is 13.5. The summed E-state index contributed by atoms with van der Waals surface area (Å²) in [4.78, 5) is 15.4. The molecule has 0 radical (unpaired) electrons. The van der Waals surface area contributed by atoms with Crippen LogP contribution in [0.5, 0.6) is 5.75 Å². The SMILES string of the molecule is Cn1cc(-c2cc(NS(C)(=O)=O)ccc2OC2CCC(F)(F)CC2)c2cc[nH]c2c1=O. The number of nitrogens with one attached hydrogen (secondary N) is 2. The van der Waals surface area contributed by atoms with Gasteiger partial charge in [0.15, 0.2) is 0 Å². The zero-order valence-corrected chi connectivity index (χ0v) is 17.9. The van der Waals surface area contributed by atoms with Crippen molar-refractivity contribution in [1.82, 2.24) is 9.55 Å². The number of aromatic nitrogens is 2. The third-order valence-corrected chi connectivity index (χ3v) is 6.03. The van der Waals surface area contributed by atoms with Crippen molar-refractivity contribution >= 4 is 26.6 Å². The largest absolute Gasteiger partial charge is 0.490 e. The standard InChI is InChI=1S/C21H23F2N3O4S/c1-26-12-17(15-7-10-24-19(15)20(26)27)16-11-13(25-31(2,28)29)3-4-18(16)30-14-5-8-21(22,23)9-6-14/h3-4,7,10-12,14,24-25H,5-6,8-9H2,1-2H3. The highest BCUT2D eigenvalue weighted by Crippen LogP contribution is 2.40. The summed E-state index contributed by atoms with van der Waals surface area (Å²) in [6, 6.07) is 6.57. The van der Waals surface area contributed by atoms with Crippen molar-refractivity contribution in [3.63, 3.8) is 0 Å². The molecule has 0 amide bonds. The van der Waals surface area contributed by atoms with Gasteiger partial charge in [0.2, 0.25) is 15.9 Å². The van der Waals surface area contributed by atoms with Gasteiger partial charge in [-0.25, -0.2) is 17.2 Å². The van der Waals surface area contributed by atoms with Crippen molar-refractivity contribution in [2.24, 2.45) is 7.05 Å². The summed E-state index contributed by atoms with van der Waals surface area (Å²) in [5, 5.41) is 0.652. The number of sulfonamides is 1. The molecule has 10 heteroatoms. The van der Waals surface area contributed by atoms with Crippen molar-refractivity contribution < 1.29 is 21.9 Å². The molecule has 2 N–H and O–H groups in total. The zero-order chi connectivity index (χ0) is 22.4. The fourth-order valence-electron chi connectivity index (χ4n) is 3.92. The number of aryl methyl sites for hydroxylation is 1. The molecule has 4 rings (SSSR count). The van der Waals surface area contributed by atoms with Crippen LogP contribution in [0.4, 0.5) is 14.5 Å². The van der Waals surface area contributed by atoms with E-state index in [2.05, 4.69) is 9.71 Å². The van der Waals surface area contributed by atoms with Gasteiger partial charge in [-0.2, -0.15) is 0 Å². The highest BCUT2D eigenvalue weighted by atomic mass is 32.2. The Morgan fingerprint density at radius 3 is 2.58 bits per heavy atom. The summed E-state index contributed by atoms with van der Waals surface area (Å²) in [6.07, 6.45) is 3.96. The number of fused-ring (bicyclic) bond motifs is 1. The molecule has 1 aliphatic carbocycles. The Morgan fingerprint density at radius 2 is 1.90 bits per heavy atom. The minimum Gasteiger partial charge on any atom is -0.490 e. The molecule has 1 fully saturated rings. The average molecular weight is 451 g/mol. The number of nitrogens with zero attached hydrogens (tertiary/aromatic N) is 1. The molecule has 0 unspecified atom stereocenters. The van der Waals surface area contributed by atoms with Crippen molar-refractivity contribution in [2.75, 3.05) is 11.0 Å². The maximum atomic E-state index is 13.5. The number of pyridine rings is 1. The molecule has 0 spiro atoms. The third kappa shape index (κ3) is 4.58. The van der Waals surface area contributed by atoms with Gasteiger partial charge in [0.1, 0.15) is 11.3 Å². The first-order chi connectivity index (χ1) is 14.5. The van der Waals surface area contributed by atoms with E-state index in [4.69, 9.17) is 4.74 Å². The van der Waals surface area contributed by atoms with Crippen molar-refractivity contribution in [1.29, 1.82) is 0 Å². The molecule has 2 aromatic heterocycles. The summed E-state index contributed by atoms with van der Waals surface area (Å²) in [6.45, 7) is 0.